The van der Waals surface area contributed by atoms with Crippen LogP contribution in [0.5, 0.6) is 0 Å². The van der Waals surface area contributed by atoms with Crippen molar-refractivity contribution in [1.82, 2.24) is 10.2 Å². The average Bonchev–Trinajstić information content (AvgIpc) is 3.15. The lowest BCUT2D eigenvalue weighted by atomic mass is 10.0. The van der Waals surface area contributed by atoms with E-state index in [2.05, 4.69) is 11.4 Å². The van der Waals surface area contributed by atoms with Gasteiger partial charge in [0.2, 0.25) is 0 Å². The predicted octanol–water partition coefficient (Wildman–Crippen LogP) is 3.59. The van der Waals surface area contributed by atoms with Crippen LogP contribution in [0.25, 0.3) is 0 Å². The Hall–Kier alpha value is -1.07. The lowest BCUT2D eigenvalue weighted by molar-refractivity contribution is -0.147. The standard InChI is InChI=1S/C16H23F3N2/c1-11-6-12(2)8-13(7-11)15(20-3)9-21(14-4-5-14)10-16(17,18)19/h6-8,14-15,20H,4-5,9-10H2,1-3H3. The topological polar surface area (TPSA) is 15.3 Å². The monoisotopic (exact) mass is 300 g/mol. The van der Waals surface area contributed by atoms with Crippen LogP contribution in [0.15, 0.2) is 18.2 Å². The first-order valence-electron chi connectivity index (χ1n) is 7.35. The summed E-state index contributed by atoms with van der Waals surface area (Å²) in [5.74, 6) is 0. The van der Waals surface area contributed by atoms with Crippen LogP contribution in [0.2, 0.25) is 0 Å². The maximum Gasteiger partial charge on any atom is 0.401 e. The van der Waals surface area contributed by atoms with Gasteiger partial charge in [-0.1, -0.05) is 29.3 Å². The van der Waals surface area contributed by atoms with E-state index in [9.17, 15) is 13.2 Å². The van der Waals surface area contributed by atoms with E-state index in [4.69, 9.17) is 0 Å². The van der Waals surface area contributed by atoms with E-state index in [1.807, 2.05) is 26.0 Å². The van der Waals surface area contributed by atoms with Crippen molar-refractivity contribution in [3.63, 3.8) is 0 Å². The molecule has 0 aromatic heterocycles. The second kappa shape index (κ2) is 6.36. The Kier molecular flexibility index (Phi) is 4.94. The van der Waals surface area contributed by atoms with Gasteiger partial charge in [0.15, 0.2) is 0 Å². The molecule has 0 spiro atoms. The molecule has 0 bridgehead atoms. The van der Waals surface area contributed by atoms with Crippen molar-refractivity contribution in [2.45, 2.75) is 44.9 Å². The second-order valence-corrected chi connectivity index (χ2v) is 6.04. The molecule has 1 aliphatic rings. The summed E-state index contributed by atoms with van der Waals surface area (Å²) >= 11 is 0. The van der Waals surface area contributed by atoms with Gasteiger partial charge in [0.1, 0.15) is 0 Å². The zero-order valence-corrected chi connectivity index (χ0v) is 12.8. The van der Waals surface area contributed by atoms with Gasteiger partial charge in [0, 0.05) is 18.6 Å². The van der Waals surface area contributed by atoms with Crippen LogP contribution in [0, 0.1) is 13.8 Å². The highest BCUT2D eigenvalue weighted by molar-refractivity contribution is 5.31. The van der Waals surface area contributed by atoms with Gasteiger partial charge in [0.25, 0.3) is 0 Å². The molecule has 5 heteroatoms. The first kappa shape index (κ1) is 16.3. The predicted molar refractivity (Wildman–Crippen MR) is 78.4 cm³/mol. The van der Waals surface area contributed by atoms with E-state index in [-0.39, 0.29) is 12.1 Å². The molecule has 118 valence electrons. The summed E-state index contributed by atoms with van der Waals surface area (Å²) < 4.78 is 38.2. The molecule has 21 heavy (non-hydrogen) atoms. The quantitative estimate of drug-likeness (QED) is 0.863. The number of aryl methyl sites for hydroxylation is 2. The molecule has 0 radical (unpaired) electrons. The maximum atomic E-state index is 12.7. The lowest BCUT2D eigenvalue weighted by Crippen LogP contribution is -2.41. The zero-order chi connectivity index (χ0) is 15.6. The summed E-state index contributed by atoms with van der Waals surface area (Å²) in [6.07, 6.45) is -2.39. The first-order chi connectivity index (χ1) is 9.78. The van der Waals surface area contributed by atoms with Crippen LogP contribution in [-0.4, -0.2) is 37.3 Å². The molecule has 0 aliphatic heterocycles. The number of alkyl halides is 3. The van der Waals surface area contributed by atoms with Crippen LogP contribution >= 0.6 is 0 Å². The number of likely N-dealkylation sites (N-methyl/N-ethyl adjacent to an activating group) is 1. The minimum atomic E-state index is -4.14. The second-order valence-electron chi connectivity index (χ2n) is 6.04. The van der Waals surface area contributed by atoms with Gasteiger partial charge in [-0.05, 0) is 39.3 Å². The number of rotatable bonds is 6. The molecule has 2 rings (SSSR count). The van der Waals surface area contributed by atoms with Gasteiger partial charge in [-0.25, -0.2) is 0 Å². The zero-order valence-electron chi connectivity index (χ0n) is 12.8. The molecular weight excluding hydrogens is 277 g/mol. The number of halogens is 3. The van der Waals surface area contributed by atoms with Crippen LogP contribution in [0.1, 0.15) is 35.6 Å². The molecule has 1 aliphatic carbocycles. The van der Waals surface area contributed by atoms with Crippen molar-refractivity contribution in [3.8, 4) is 0 Å². The van der Waals surface area contributed by atoms with Crippen molar-refractivity contribution in [1.29, 1.82) is 0 Å². The Balaban J connectivity index is 2.12. The van der Waals surface area contributed by atoms with E-state index in [1.54, 1.807) is 11.9 Å². The van der Waals surface area contributed by atoms with Crippen LogP contribution in [-0.2, 0) is 0 Å². The lowest BCUT2D eigenvalue weighted by Gasteiger charge is -2.28. The molecule has 1 N–H and O–H groups in total. The largest absolute Gasteiger partial charge is 0.401 e. The van der Waals surface area contributed by atoms with Crippen molar-refractivity contribution < 1.29 is 13.2 Å². The minimum absolute atomic E-state index is 0.0773. The molecular formula is C16H23F3N2. The van der Waals surface area contributed by atoms with Crippen molar-refractivity contribution in [3.05, 3.63) is 34.9 Å². The summed E-state index contributed by atoms with van der Waals surface area (Å²) in [4.78, 5) is 1.57. The van der Waals surface area contributed by atoms with Crippen molar-refractivity contribution in [2.24, 2.45) is 0 Å². The molecule has 0 heterocycles. The highest BCUT2D eigenvalue weighted by Gasteiger charge is 2.38. The van der Waals surface area contributed by atoms with Crippen LogP contribution in [0.3, 0.4) is 0 Å². The SMILES string of the molecule is CNC(CN(CC(F)(F)F)C1CC1)c1cc(C)cc(C)c1. The van der Waals surface area contributed by atoms with Gasteiger partial charge in [-0.3, -0.25) is 4.90 Å². The van der Waals surface area contributed by atoms with Gasteiger partial charge in [-0.2, -0.15) is 13.2 Å². The Morgan fingerprint density at radius 2 is 1.76 bits per heavy atom. The highest BCUT2D eigenvalue weighted by Crippen LogP contribution is 2.32. The fourth-order valence-corrected chi connectivity index (χ4v) is 2.82. The summed E-state index contributed by atoms with van der Waals surface area (Å²) in [7, 11) is 1.81. The third-order valence-corrected chi connectivity index (χ3v) is 3.86. The first-order valence-corrected chi connectivity index (χ1v) is 7.35. The van der Waals surface area contributed by atoms with E-state index in [1.165, 1.54) is 0 Å². The Morgan fingerprint density at radius 3 is 2.19 bits per heavy atom. The number of nitrogens with one attached hydrogen (secondary N) is 1. The molecule has 1 unspecified atom stereocenters. The smallest absolute Gasteiger partial charge is 0.312 e. The molecule has 2 nitrogen and oxygen atoms in total. The van der Waals surface area contributed by atoms with Gasteiger partial charge < -0.3 is 5.32 Å². The van der Waals surface area contributed by atoms with Gasteiger partial charge in [-0.15, -0.1) is 0 Å². The molecule has 1 aromatic carbocycles. The van der Waals surface area contributed by atoms with Crippen LogP contribution in [0.4, 0.5) is 13.2 Å². The van der Waals surface area contributed by atoms with E-state index < -0.39 is 12.7 Å². The Bertz CT molecular complexity index is 461. The van der Waals surface area contributed by atoms with E-state index in [0.29, 0.717) is 6.54 Å². The highest BCUT2D eigenvalue weighted by atomic mass is 19.4. The summed E-state index contributed by atoms with van der Waals surface area (Å²) in [6.45, 7) is 3.60. The maximum absolute atomic E-state index is 12.7. The fourth-order valence-electron chi connectivity index (χ4n) is 2.82. The average molecular weight is 300 g/mol. The van der Waals surface area contributed by atoms with Gasteiger partial charge in [0.05, 0.1) is 6.54 Å². The molecule has 1 atom stereocenters. The third-order valence-electron chi connectivity index (χ3n) is 3.86. The molecule has 0 amide bonds. The number of hydrogen-bond donors (Lipinski definition) is 1. The summed E-state index contributed by atoms with van der Waals surface area (Å²) in [5, 5.41) is 3.16. The van der Waals surface area contributed by atoms with Crippen molar-refractivity contribution >= 4 is 0 Å². The number of hydrogen-bond acceptors (Lipinski definition) is 2. The third kappa shape index (κ3) is 5.00. The Morgan fingerprint density at radius 1 is 1.19 bits per heavy atom. The summed E-state index contributed by atoms with van der Waals surface area (Å²) in [5.41, 5.74) is 3.33. The number of benzene rings is 1. The molecule has 1 saturated carbocycles. The normalized spacial score (nSPS) is 17.3. The van der Waals surface area contributed by atoms with Crippen molar-refractivity contribution in [2.75, 3.05) is 20.1 Å². The molecule has 0 saturated heterocycles. The minimum Gasteiger partial charge on any atom is -0.312 e. The van der Waals surface area contributed by atoms with E-state index in [0.717, 1.165) is 29.5 Å². The molecule has 1 aromatic rings. The van der Waals surface area contributed by atoms with E-state index >= 15 is 0 Å². The van der Waals surface area contributed by atoms with Gasteiger partial charge >= 0.3 is 6.18 Å². The van der Waals surface area contributed by atoms with Crippen LogP contribution < -0.4 is 5.32 Å². The number of nitrogens with zero attached hydrogens (tertiary/aromatic N) is 1. The fraction of sp³-hybridized carbons (Fsp3) is 0.625. The molecule has 1 fully saturated rings. The summed E-state index contributed by atoms with van der Waals surface area (Å²) in [6, 6.07) is 6.18. The Labute approximate surface area is 124 Å².